The van der Waals surface area contributed by atoms with E-state index in [1.54, 1.807) is 6.07 Å². The van der Waals surface area contributed by atoms with E-state index in [2.05, 4.69) is 22.9 Å². The number of amides is 1. The van der Waals surface area contributed by atoms with E-state index in [4.69, 9.17) is 11.6 Å². The number of hydrogen-bond donors (Lipinski definition) is 2. The van der Waals surface area contributed by atoms with Crippen LogP contribution in [-0.2, 0) is 6.18 Å². The predicted octanol–water partition coefficient (Wildman–Crippen LogP) is 4.29. The lowest BCUT2D eigenvalue weighted by Gasteiger charge is -2.09. The molecule has 0 fully saturated rings. The molecule has 0 bridgehead atoms. The van der Waals surface area contributed by atoms with Gasteiger partial charge >= 0.3 is 6.18 Å². The molecular weight excluding hydrogens is 325 g/mol. The van der Waals surface area contributed by atoms with Gasteiger partial charge in [-0.2, -0.15) is 13.2 Å². The summed E-state index contributed by atoms with van der Waals surface area (Å²) in [6.07, 6.45) is -3.59. The molecule has 0 unspecified atom stereocenters. The molecule has 8 heteroatoms. The van der Waals surface area contributed by atoms with Crippen LogP contribution in [0.25, 0.3) is 0 Å². The summed E-state index contributed by atoms with van der Waals surface area (Å²) in [7, 11) is 0. The summed E-state index contributed by atoms with van der Waals surface area (Å²) in [5.74, 6) is -0.558. The average molecular weight is 333 g/mol. The van der Waals surface area contributed by atoms with Crippen LogP contribution in [0.4, 0.5) is 18.9 Å². The average Bonchev–Trinajstić information content (AvgIpc) is 2.41. The molecule has 1 N–H and O–H groups in total. The second-order valence-electron chi connectivity index (χ2n) is 4.05. The van der Waals surface area contributed by atoms with Crippen LogP contribution in [-0.4, -0.2) is 10.9 Å². The Morgan fingerprint density at radius 3 is 2.52 bits per heavy atom. The van der Waals surface area contributed by atoms with Crippen LogP contribution < -0.4 is 5.32 Å². The van der Waals surface area contributed by atoms with Crippen molar-refractivity contribution in [1.82, 2.24) is 4.98 Å². The van der Waals surface area contributed by atoms with E-state index in [1.807, 2.05) is 0 Å². The summed E-state index contributed by atoms with van der Waals surface area (Å²) in [5.41, 5.74) is -0.728. The van der Waals surface area contributed by atoms with Gasteiger partial charge in [-0.15, -0.1) is 12.6 Å². The summed E-state index contributed by atoms with van der Waals surface area (Å²) in [4.78, 5) is 15.8. The highest BCUT2D eigenvalue weighted by Gasteiger charge is 2.32. The Morgan fingerprint density at radius 2 is 1.95 bits per heavy atom. The maximum absolute atomic E-state index is 12.4. The van der Waals surface area contributed by atoms with Crippen molar-refractivity contribution in [2.45, 2.75) is 11.1 Å². The molecule has 2 aromatic rings. The number of halogens is 4. The quantitative estimate of drug-likeness (QED) is 0.805. The Hall–Kier alpha value is -1.73. The Kier molecular flexibility index (Phi) is 4.43. The van der Waals surface area contributed by atoms with Crippen LogP contribution in [0.15, 0.2) is 41.4 Å². The molecule has 0 radical (unpaired) electrons. The van der Waals surface area contributed by atoms with Gasteiger partial charge in [-0.3, -0.25) is 4.79 Å². The van der Waals surface area contributed by atoms with E-state index >= 15 is 0 Å². The normalized spacial score (nSPS) is 11.3. The van der Waals surface area contributed by atoms with Crippen LogP contribution in [0.2, 0.25) is 5.02 Å². The molecule has 0 saturated carbocycles. The van der Waals surface area contributed by atoms with Crippen molar-refractivity contribution in [3.8, 4) is 0 Å². The first-order chi connectivity index (χ1) is 9.77. The highest BCUT2D eigenvalue weighted by molar-refractivity contribution is 7.80. The van der Waals surface area contributed by atoms with E-state index in [0.717, 1.165) is 18.3 Å². The smallest absolute Gasteiger partial charge is 0.321 e. The third-order valence-electron chi connectivity index (χ3n) is 2.51. The minimum atomic E-state index is -4.52. The van der Waals surface area contributed by atoms with Crippen molar-refractivity contribution in [2.75, 3.05) is 5.32 Å². The molecule has 1 aromatic heterocycles. The highest BCUT2D eigenvalue weighted by atomic mass is 35.5. The van der Waals surface area contributed by atoms with Crippen LogP contribution in [0.1, 0.15) is 16.1 Å². The first kappa shape index (κ1) is 15.7. The fourth-order valence-electron chi connectivity index (χ4n) is 1.52. The number of hydrogen-bond acceptors (Lipinski definition) is 3. The predicted molar refractivity (Wildman–Crippen MR) is 75.9 cm³/mol. The first-order valence-electron chi connectivity index (χ1n) is 5.60. The molecule has 2 rings (SSSR count). The largest absolute Gasteiger partial charge is 0.433 e. The zero-order chi connectivity index (χ0) is 15.6. The van der Waals surface area contributed by atoms with E-state index in [0.29, 0.717) is 4.90 Å². The van der Waals surface area contributed by atoms with Gasteiger partial charge in [0.2, 0.25) is 0 Å². The molecule has 1 heterocycles. The second kappa shape index (κ2) is 5.95. The maximum Gasteiger partial charge on any atom is 0.433 e. The van der Waals surface area contributed by atoms with Crippen LogP contribution >= 0.6 is 24.2 Å². The number of rotatable bonds is 2. The molecule has 1 aromatic carbocycles. The third-order valence-corrected chi connectivity index (χ3v) is 3.11. The van der Waals surface area contributed by atoms with Gasteiger partial charge < -0.3 is 5.32 Å². The number of nitrogens with one attached hydrogen (secondary N) is 1. The molecule has 3 nitrogen and oxygen atoms in total. The summed E-state index contributed by atoms with van der Waals surface area (Å²) in [5, 5.41) is 2.63. The summed E-state index contributed by atoms with van der Waals surface area (Å²) < 4.78 is 37.1. The number of carbonyl (C=O) groups is 1. The van der Waals surface area contributed by atoms with Crippen molar-refractivity contribution in [2.24, 2.45) is 0 Å². The number of benzene rings is 1. The number of alkyl halides is 3. The molecule has 0 aliphatic heterocycles. The standard InChI is InChI=1S/C13H8ClF3N2OS/c14-10-3-2-8(21)5-9(10)12(20)19-7-1-4-11(18-6-7)13(15,16)17/h1-6,21H,(H,19,20). The Balaban J connectivity index is 2.18. The number of aromatic nitrogens is 1. The van der Waals surface area contributed by atoms with Gasteiger partial charge in [0, 0.05) is 4.90 Å². The molecule has 0 saturated heterocycles. The van der Waals surface area contributed by atoms with Gasteiger partial charge in [0.05, 0.1) is 22.5 Å². The minimum absolute atomic E-state index is 0.133. The lowest BCUT2D eigenvalue weighted by Crippen LogP contribution is -2.14. The van der Waals surface area contributed by atoms with Gasteiger partial charge in [0.1, 0.15) is 5.69 Å². The fourth-order valence-corrected chi connectivity index (χ4v) is 1.93. The van der Waals surface area contributed by atoms with E-state index in [9.17, 15) is 18.0 Å². The lowest BCUT2D eigenvalue weighted by molar-refractivity contribution is -0.141. The molecule has 0 aliphatic rings. The number of thiol groups is 1. The minimum Gasteiger partial charge on any atom is -0.321 e. The summed E-state index contributed by atoms with van der Waals surface area (Å²) in [6, 6.07) is 6.47. The highest BCUT2D eigenvalue weighted by Crippen LogP contribution is 2.28. The Morgan fingerprint density at radius 1 is 1.24 bits per heavy atom. The topological polar surface area (TPSA) is 42.0 Å². The van der Waals surface area contributed by atoms with Crippen LogP contribution in [0.5, 0.6) is 0 Å². The fraction of sp³-hybridized carbons (Fsp3) is 0.0769. The zero-order valence-electron chi connectivity index (χ0n) is 10.3. The van der Waals surface area contributed by atoms with Gasteiger partial charge in [0.15, 0.2) is 0 Å². The number of carbonyl (C=O) groups excluding carboxylic acids is 1. The van der Waals surface area contributed by atoms with Gasteiger partial charge in [0.25, 0.3) is 5.91 Å². The van der Waals surface area contributed by atoms with Crippen molar-refractivity contribution < 1.29 is 18.0 Å². The van der Waals surface area contributed by atoms with Crippen LogP contribution in [0.3, 0.4) is 0 Å². The summed E-state index contributed by atoms with van der Waals surface area (Å²) in [6.45, 7) is 0. The van der Waals surface area contributed by atoms with E-state index in [-0.39, 0.29) is 16.3 Å². The van der Waals surface area contributed by atoms with E-state index < -0.39 is 17.8 Å². The van der Waals surface area contributed by atoms with Gasteiger partial charge in [-0.1, -0.05) is 11.6 Å². The zero-order valence-corrected chi connectivity index (χ0v) is 11.9. The second-order valence-corrected chi connectivity index (χ2v) is 4.97. The van der Waals surface area contributed by atoms with Gasteiger partial charge in [-0.25, -0.2) is 4.98 Å². The van der Waals surface area contributed by atoms with Crippen molar-refractivity contribution >= 4 is 35.8 Å². The first-order valence-corrected chi connectivity index (χ1v) is 6.43. The molecule has 110 valence electrons. The maximum atomic E-state index is 12.4. The molecule has 0 spiro atoms. The molecule has 21 heavy (non-hydrogen) atoms. The lowest BCUT2D eigenvalue weighted by atomic mass is 10.2. The molecular formula is C13H8ClF3N2OS. The summed E-state index contributed by atoms with van der Waals surface area (Å²) >= 11 is 9.97. The van der Waals surface area contributed by atoms with Gasteiger partial charge in [-0.05, 0) is 30.3 Å². The molecule has 0 atom stereocenters. The molecule has 1 amide bonds. The Bertz CT molecular complexity index is 674. The Labute approximate surface area is 128 Å². The molecule has 0 aliphatic carbocycles. The SMILES string of the molecule is O=C(Nc1ccc(C(F)(F)F)nc1)c1cc(S)ccc1Cl. The number of nitrogens with zero attached hydrogens (tertiary/aromatic N) is 1. The van der Waals surface area contributed by atoms with Crippen molar-refractivity contribution in [3.05, 3.63) is 52.8 Å². The van der Waals surface area contributed by atoms with E-state index in [1.165, 1.54) is 12.1 Å². The monoisotopic (exact) mass is 332 g/mol. The van der Waals surface area contributed by atoms with Crippen LogP contribution in [0, 0.1) is 0 Å². The number of anilines is 1. The number of pyridine rings is 1. The van der Waals surface area contributed by atoms with Crippen molar-refractivity contribution in [1.29, 1.82) is 0 Å². The third kappa shape index (κ3) is 3.89. The van der Waals surface area contributed by atoms with Crippen molar-refractivity contribution in [3.63, 3.8) is 0 Å².